The lowest BCUT2D eigenvalue weighted by Crippen LogP contribution is -2.47. The topological polar surface area (TPSA) is 0 Å². The minimum Gasteiger partial charge on any atom is -0.316 e. The quantitative estimate of drug-likeness (QED) is 0.0156. The molecule has 6 aromatic rings. The number of quaternary nitrogens is 1. The van der Waals surface area contributed by atoms with Crippen LogP contribution >= 0.6 is 0 Å². The number of nitrogens with zero attached hydrogens (tertiary/aromatic N) is 1. The molecule has 7 heteroatoms. The first-order valence-corrected chi connectivity index (χ1v) is 32.9. The average Bonchev–Trinajstić information content (AvgIpc) is 3.51. The van der Waals surface area contributed by atoms with Crippen molar-refractivity contribution in [2.45, 2.75) is 258 Å². The fourth-order valence-corrected chi connectivity index (χ4v) is 13.5. The molecule has 0 aromatic heterocycles. The van der Waals surface area contributed by atoms with Gasteiger partial charge in [-0.1, -0.05) is 268 Å². The molecule has 0 fully saturated rings. The van der Waals surface area contributed by atoms with Crippen LogP contribution in [0.15, 0.2) is 84.9 Å². The fraction of sp³-hybridized carbons (Fsp3) is 0.568. The van der Waals surface area contributed by atoms with Crippen LogP contribution in [0.3, 0.4) is 0 Å². The largest absolute Gasteiger partial charge is 0.316 e. The molecule has 0 saturated heterocycles. The third-order valence-corrected chi connectivity index (χ3v) is 18.1. The molecular weight excluding hydrogens is 1020 g/mol. The molecule has 0 unspecified atom stereocenters. The highest BCUT2D eigenvalue weighted by Gasteiger charge is 2.38. The highest BCUT2D eigenvalue weighted by atomic mass is 19.2. The van der Waals surface area contributed by atoms with E-state index in [0.29, 0.717) is 28.7 Å². The Hall–Kier alpha value is -4.62. The van der Waals surface area contributed by atoms with Gasteiger partial charge in [0.05, 0.1) is 13.1 Å². The van der Waals surface area contributed by atoms with Crippen molar-refractivity contribution >= 4 is 21.5 Å². The van der Waals surface area contributed by atoms with Gasteiger partial charge in [0.2, 0.25) is 0 Å². The van der Waals surface area contributed by atoms with E-state index in [1.54, 1.807) is 0 Å². The van der Waals surface area contributed by atoms with E-state index in [1.807, 2.05) is 48.5 Å². The maximum Gasteiger partial charge on any atom is 0.194 e. The van der Waals surface area contributed by atoms with Crippen molar-refractivity contribution in [1.29, 1.82) is 0 Å². The summed E-state index contributed by atoms with van der Waals surface area (Å²) >= 11 is 0. The maximum atomic E-state index is 15.5. The zero-order valence-electron chi connectivity index (χ0n) is 50.1. The highest BCUT2D eigenvalue weighted by Crippen LogP contribution is 2.50. The Morgan fingerprint density at radius 3 is 0.827 bits per heavy atom. The molecule has 0 radical (unpaired) electrons. The van der Waals surface area contributed by atoms with Crippen molar-refractivity contribution in [3.63, 3.8) is 0 Å². The molecule has 1 aliphatic rings. The summed E-state index contributed by atoms with van der Waals surface area (Å²) < 4.78 is 92.3. The highest BCUT2D eigenvalue weighted by molar-refractivity contribution is 6.12. The van der Waals surface area contributed by atoms with Gasteiger partial charge in [0.15, 0.2) is 34.9 Å². The number of hydrogen-bond donors (Lipinski definition) is 0. The van der Waals surface area contributed by atoms with Gasteiger partial charge in [-0.05, 0) is 106 Å². The van der Waals surface area contributed by atoms with E-state index >= 15 is 17.6 Å². The second kappa shape index (κ2) is 34.9. The molecule has 7 rings (SSSR count). The minimum atomic E-state index is -1.50. The van der Waals surface area contributed by atoms with Crippen LogP contribution in [0.4, 0.5) is 26.3 Å². The summed E-state index contributed by atoms with van der Waals surface area (Å²) in [6.45, 7) is 7.27. The van der Waals surface area contributed by atoms with Crippen LogP contribution in [-0.2, 0) is 13.1 Å². The summed E-state index contributed by atoms with van der Waals surface area (Å²) in [5, 5.41) is 3.59. The number of hydrogen-bond acceptors (Lipinski definition) is 0. The Kier molecular flexibility index (Phi) is 27.5. The monoisotopic (exact) mass is 1120 g/mol. The van der Waals surface area contributed by atoms with E-state index < -0.39 is 34.9 Å². The molecule has 0 bridgehead atoms. The van der Waals surface area contributed by atoms with Crippen molar-refractivity contribution in [3.05, 3.63) is 131 Å². The Balaban J connectivity index is 1.12. The molecule has 442 valence electrons. The van der Waals surface area contributed by atoms with E-state index in [-0.39, 0.29) is 11.1 Å². The van der Waals surface area contributed by atoms with E-state index in [1.165, 1.54) is 193 Å². The van der Waals surface area contributed by atoms with Gasteiger partial charge in [0.25, 0.3) is 0 Å². The molecule has 0 aliphatic carbocycles. The van der Waals surface area contributed by atoms with Gasteiger partial charge in [0, 0.05) is 22.3 Å². The smallest absolute Gasteiger partial charge is 0.194 e. The van der Waals surface area contributed by atoms with E-state index in [9.17, 15) is 8.78 Å². The first-order valence-electron chi connectivity index (χ1n) is 32.9. The SMILES string of the molecule is CCCCCCCCCCCCCCCCCCCC[N+]1(CCCCCCCCCCCCCCCCCCCC)Cc2c(-c3cc(F)c(F)c(F)c3)cc3ccccc3c2-c2c(c(-c3cc(F)c(F)c(F)c3)cc3ccccc23)C1. The number of benzene rings is 6. The lowest BCUT2D eigenvalue weighted by molar-refractivity contribution is -0.953. The van der Waals surface area contributed by atoms with Gasteiger partial charge < -0.3 is 4.48 Å². The third kappa shape index (κ3) is 19.2. The third-order valence-electron chi connectivity index (χ3n) is 18.1. The Bertz CT molecular complexity index is 2580. The van der Waals surface area contributed by atoms with Crippen LogP contribution in [0.1, 0.15) is 256 Å². The molecule has 0 N–H and O–H groups in total. The Morgan fingerprint density at radius 1 is 0.309 bits per heavy atom. The van der Waals surface area contributed by atoms with Gasteiger partial charge in [-0.2, -0.15) is 0 Å². The Labute approximate surface area is 485 Å². The van der Waals surface area contributed by atoms with Gasteiger partial charge in [0.1, 0.15) is 13.1 Å². The predicted octanol–water partition coefficient (Wildman–Crippen LogP) is 24.7. The van der Waals surface area contributed by atoms with Crippen LogP contribution in [0.2, 0.25) is 0 Å². The first-order chi connectivity index (χ1) is 39.6. The van der Waals surface area contributed by atoms with Crippen molar-refractivity contribution in [1.82, 2.24) is 0 Å². The second-order valence-electron chi connectivity index (χ2n) is 24.6. The van der Waals surface area contributed by atoms with Crippen LogP contribution in [0.25, 0.3) is 54.9 Å². The van der Waals surface area contributed by atoms with E-state index in [2.05, 4.69) is 26.0 Å². The molecule has 0 spiro atoms. The van der Waals surface area contributed by atoms with Crippen molar-refractivity contribution < 1.29 is 30.8 Å². The van der Waals surface area contributed by atoms with E-state index in [4.69, 9.17) is 0 Å². The first kappa shape index (κ1) is 64.0. The summed E-state index contributed by atoms with van der Waals surface area (Å²) in [6.07, 6.45) is 46.3. The van der Waals surface area contributed by atoms with Crippen molar-refractivity contribution in [2.24, 2.45) is 0 Å². The zero-order valence-corrected chi connectivity index (χ0v) is 50.1. The average molecular weight is 1120 g/mol. The van der Waals surface area contributed by atoms with Crippen molar-refractivity contribution in [3.8, 4) is 33.4 Å². The number of unbranched alkanes of at least 4 members (excludes halogenated alkanes) is 34. The van der Waals surface area contributed by atoms with Crippen LogP contribution in [0.5, 0.6) is 0 Å². The van der Waals surface area contributed by atoms with Crippen molar-refractivity contribution in [2.75, 3.05) is 13.1 Å². The van der Waals surface area contributed by atoms with Crippen LogP contribution in [0, 0.1) is 34.9 Å². The molecule has 1 heterocycles. The lowest BCUT2D eigenvalue weighted by atomic mass is 9.82. The Morgan fingerprint density at radius 2 is 0.556 bits per heavy atom. The summed E-state index contributed by atoms with van der Waals surface area (Å²) in [5.74, 6) is -7.98. The van der Waals surface area contributed by atoms with Gasteiger partial charge in [-0.3, -0.25) is 0 Å². The lowest BCUT2D eigenvalue weighted by Gasteiger charge is -2.39. The molecule has 0 saturated carbocycles. The minimum absolute atomic E-state index is 0.263. The normalized spacial score (nSPS) is 13.1. The molecule has 1 nitrogen and oxygen atoms in total. The van der Waals surface area contributed by atoms with E-state index in [0.717, 1.165) is 120 Å². The summed E-state index contributed by atoms with van der Waals surface area (Å²) in [4.78, 5) is 0. The molecular formula is C74H100F6N+. The molecule has 81 heavy (non-hydrogen) atoms. The number of fused-ring (bicyclic) bond motifs is 7. The maximum absolute atomic E-state index is 15.5. The summed E-state index contributed by atoms with van der Waals surface area (Å²) in [6, 6.07) is 24.5. The molecule has 6 aromatic carbocycles. The summed E-state index contributed by atoms with van der Waals surface area (Å²) in [5.41, 5.74) is 5.45. The zero-order chi connectivity index (χ0) is 57.1. The van der Waals surface area contributed by atoms with Crippen LogP contribution in [-0.4, -0.2) is 17.6 Å². The van der Waals surface area contributed by atoms with Gasteiger partial charge in [-0.25, -0.2) is 26.3 Å². The second-order valence-corrected chi connectivity index (χ2v) is 24.6. The molecule has 0 amide bonds. The van der Waals surface area contributed by atoms with Gasteiger partial charge >= 0.3 is 0 Å². The number of rotatable bonds is 40. The fourth-order valence-electron chi connectivity index (χ4n) is 13.5. The molecule has 1 aliphatic heterocycles. The van der Waals surface area contributed by atoms with Gasteiger partial charge in [-0.15, -0.1) is 0 Å². The van der Waals surface area contributed by atoms with Crippen LogP contribution < -0.4 is 0 Å². The summed E-state index contributed by atoms with van der Waals surface area (Å²) in [7, 11) is 0. The number of halogens is 6. The standard InChI is InChI=1S/C74H100F6N/c1-3-5-7-9-11-13-15-17-19-21-23-25-27-29-31-33-35-41-47-81(48-42-36-34-32-30-28-26-24-22-20-18-16-14-12-10-8-6-4-2)55-65-63(59-51-67(75)73(79)68(76)52-59)49-57-43-37-39-45-61(57)71(65)72-62-46-40-38-44-58(62)50-64(66(72)56-81)60-53-69(77)74(80)70(78)54-60/h37-40,43-46,49-54H,3-36,41-42,47-48,55-56H2,1-2H3/q+1. The molecule has 0 atom stereocenters. The predicted molar refractivity (Wildman–Crippen MR) is 332 cm³/mol.